The van der Waals surface area contributed by atoms with Crippen LogP contribution < -0.4 is 10.1 Å². The molecule has 0 bridgehead atoms. The van der Waals surface area contributed by atoms with E-state index in [1.165, 1.54) is 0 Å². The molecule has 1 aromatic carbocycles. The fraction of sp³-hybridized carbons (Fsp3) is 0.312. The Balaban J connectivity index is 1.93. The number of nitrogens with one attached hydrogen (secondary N) is 1. The van der Waals surface area contributed by atoms with Gasteiger partial charge < -0.3 is 10.1 Å². The Morgan fingerprint density at radius 3 is 2.90 bits per heavy atom. The van der Waals surface area contributed by atoms with Gasteiger partial charge in [-0.25, -0.2) is 0 Å². The molecule has 0 aliphatic rings. The second kappa shape index (κ2) is 8.02. The topological polar surface area (TPSA) is 34.1 Å². The molecule has 1 N–H and O–H groups in total. The Morgan fingerprint density at radius 1 is 1.25 bits per heavy atom. The van der Waals surface area contributed by atoms with Crippen molar-refractivity contribution in [3.63, 3.8) is 0 Å². The van der Waals surface area contributed by atoms with Gasteiger partial charge in [-0.05, 0) is 25.1 Å². The summed E-state index contributed by atoms with van der Waals surface area (Å²) >= 11 is 3.52. The van der Waals surface area contributed by atoms with Gasteiger partial charge >= 0.3 is 0 Å². The van der Waals surface area contributed by atoms with Crippen LogP contribution in [0, 0.1) is 0 Å². The average molecular weight is 335 g/mol. The van der Waals surface area contributed by atoms with Crippen molar-refractivity contribution < 1.29 is 4.74 Å². The van der Waals surface area contributed by atoms with Crippen molar-refractivity contribution in [2.45, 2.75) is 26.5 Å². The van der Waals surface area contributed by atoms with Gasteiger partial charge in [0.15, 0.2) is 0 Å². The Hall–Kier alpha value is -1.39. The van der Waals surface area contributed by atoms with Gasteiger partial charge in [0.05, 0.1) is 5.69 Å². The zero-order valence-electron chi connectivity index (χ0n) is 11.6. The maximum atomic E-state index is 5.82. The lowest BCUT2D eigenvalue weighted by atomic mass is 10.2. The van der Waals surface area contributed by atoms with Crippen molar-refractivity contribution in [1.29, 1.82) is 0 Å². The quantitative estimate of drug-likeness (QED) is 0.779. The largest absolute Gasteiger partial charge is 0.489 e. The SMILES string of the molecule is CCCNCc1cc(OCc2ccccc2Br)ccn1. The van der Waals surface area contributed by atoms with E-state index in [0.717, 1.165) is 41.0 Å². The van der Waals surface area contributed by atoms with Crippen LogP contribution in [0.15, 0.2) is 47.1 Å². The third-order valence-corrected chi connectivity index (χ3v) is 3.65. The maximum Gasteiger partial charge on any atom is 0.123 e. The van der Waals surface area contributed by atoms with Crippen molar-refractivity contribution >= 4 is 15.9 Å². The molecular weight excluding hydrogens is 316 g/mol. The Morgan fingerprint density at radius 2 is 2.10 bits per heavy atom. The van der Waals surface area contributed by atoms with Gasteiger partial charge in [0.25, 0.3) is 0 Å². The molecule has 20 heavy (non-hydrogen) atoms. The summed E-state index contributed by atoms with van der Waals surface area (Å²) in [4.78, 5) is 4.33. The van der Waals surface area contributed by atoms with E-state index in [1.54, 1.807) is 6.20 Å². The Bertz CT molecular complexity index is 546. The van der Waals surface area contributed by atoms with Crippen molar-refractivity contribution in [3.8, 4) is 5.75 Å². The highest BCUT2D eigenvalue weighted by Gasteiger charge is 2.01. The van der Waals surface area contributed by atoms with Crippen LogP contribution in [0.4, 0.5) is 0 Å². The van der Waals surface area contributed by atoms with Gasteiger partial charge in [0.1, 0.15) is 12.4 Å². The van der Waals surface area contributed by atoms with E-state index in [4.69, 9.17) is 4.74 Å². The minimum absolute atomic E-state index is 0.549. The van der Waals surface area contributed by atoms with E-state index in [1.807, 2.05) is 30.3 Å². The zero-order chi connectivity index (χ0) is 14.2. The number of aromatic nitrogens is 1. The molecule has 4 heteroatoms. The summed E-state index contributed by atoms with van der Waals surface area (Å²) in [6, 6.07) is 12.0. The van der Waals surface area contributed by atoms with E-state index in [0.29, 0.717) is 6.61 Å². The highest BCUT2D eigenvalue weighted by Crippen LogP contribution is 2.19. The number of hydrogen-bond acceptors (Lipinski definition) is 3. The van der Waals surface area contributed by atoms with E-state index < -0.39 is 0 Å². The van der Waals surface area contributed by atoms with Crippen molar-refractivity contribution in [1.82, 2.24) is 10.3 Å². The smallest absolute Gasteiger partial charge is 0.123 e. The van der Waals surface area contributed by atoms with Crippen LogP contribution >= 0.6 is 15.9 Å². The second-order valence-electron chi connectivity index (χ2n) is 4.54. The molecule has 106 valence electrons. The van der Waals surface area contributed by atoms with Crippen molar-refractivity contribution in [3.05, 3.63) is 58.3 Å². The molecule has 0 unspecified atom stereocenters. The molecule has 0 saturated heterocycles. The van der Waals surface area contributed by atoms with Crippen LogP contribution in [-0.4, -0.2) is 11.5 Å². The number of nitrogens with zero attached hydrogens (tertiary/aromatic N) is 1. The van der Waals surface area contributed by atoms with Gasteiger partial charge in [0, 0.05) is 28.8 Å². The van der Waals surface area contributed by atoms with Crippen LogP contribution in [0.5, 0.6) is 5.75 Å². The summed E-state index contributed by atoms with van der Waals surface area (Å²) in [6.45, 7) is 4.48. The minimum Gasteiger partial charge on any atom is -0.489 e. The first kappa shape index (κ1) is 15.0. The van der Waals surface area contributed by atoms with Crippen LogP contribution in [-0.2, 0) is 13.2 Å². The molecule has 2 rings (SSSR count). The normalized spacial score (nSPS) is 10.5. The average Bonchev–Trinajstić information content (AvgIpc) is 2.47. The summed E-state index contributed by atoms with van der Waals surface area (Å²) in [5, 5.41) is 3.34. The summed E-state index contributed by atoms with van der Waals surface area (Å²) in [5.41, 5.74) is 2.14. The van der Waals surface area contributed by atoms with E-state index >= 15 is 0 Å². The highest BCUT2D eigenvalue weighted by molar-refractivity contribution is 9.10. The Labute approximate surface area is 128 Å². The summed E-state index contributed by atoms with van der Waals surface area (Å²) in [5.74, 6) is 0.851. The molecule has 0 aliphatic carbocycles. The van der Waals surface area contributed by atoms with Crippen LogP contribution in [0.25, 0.3) is 0 Å². The molecular formula is C16H19BrN2O. The zero-order valence-corrected chi connectivity index (χ0v) is 13.2. The molecule has 0 saturated carbocycles. The van der Waals surface area contributed by atoms with Gasteiger partial charge in [-0.3, -0.25) is 4.98 Å². The fourth-order valence-electron chi connectivity index (χ4n) is 1.81. The van der Waals surface area contributed by atoms with Crippen molar-refractivity contribution in [2.75, 3.05) is 6.54 Å². The third kappa shape index (κ3) is 4.62. The number of hydrogen-bond donors (Lipinski definition) is 1. The van der Waals surface area contributed by atoms with E-state index in [2.05, 4.69) is 39.2 Å². The number of rotatable bonds is 7. The van der Waals surface area contributed by atoms with Crippen LogP contribution in [0.3, 0.4) is 0 Å². The lowest BCUT2D eigenvalue weighted by molar-refractivity contribution is 0.304. The second-order valence-corrected chi connectivity index (χ2v) is 5.39. The van der Waals surface area contributed by atoms with E-state index in [9.17, 15) is 0 Å². The minimum atomic E-state index is 0.549. The molecule has 0 radical (unpaired) electrons. The van der Waals surface area contributed by atoms with Crippen LogP contribution in [0.1, 0.15) is 24.6 Å². The molecule has 0 fully saturated rings. The predicted molar refractivity (Wildman–Crippen MR) is 84.7 cm³/mol. The lowest BCUT2D eigenvalue weighted by Crippen LogP contribution is -2.14. The number of halogens is 1. The fourth-order valence-corrected chi connectivity index (χ4v) is 2.21. The molecule has 1 aromatic heterocycles. The first-order chi connectivity index (χ1) is 9.79. The van der Waals surface area contributed by atoms with Crippen LogP contribution in [0.2, 0.25) is 0 Å². The molecule has 3 nitrogen and oxygen atoms in total. The first-order valence-electron chi connectivity index (χ1n) is 6.81. The highest BCUT2D eigenvalue weighted by atomic mass is 79.9. The lowest BCUT2D eigenvalue weighted by Gasteiger charge is -2.09. The standard InChI is InChI=1S/C16H19BrN2O/c1-2-8-18-11-14-10-15(7-9-19-14)20-12-13-5-3-4-6-16(13)17/h3-7,9-10,18H,2,8,11-12H2,1H3. The monoisotopic (exact) mass is 334 g/mol. The van der Waals surface area contributed by atoms with Gasteiger partial charge in [0.2, 0.25) is 0 Å². The van der Waals surface area contributed by atoms with E-state index in [-0.39, 0.29) is 0 Å². The molecule has 1 heterocycles. The molecule has 0 atom stereocenters. The molecule has 2 aromatic rings. The van der Waals surface area contributed by atoms with Gasteiger partial charge in [-0.2, -0.15) is 0 Å². The summed E-state index contributed by atoms with van der Waals surface area (Å²) < 4.78 is 6.89. The number of ether oxygens (including phenoxy) is 1. The number of pyridine rings is 1. The van der Waals surface area contributed by atoms with Gasteiger partial charge in [-0.15, -0.1) is 0 Å². The maximum absolute atomic E-state index is 5.82. The third-order valence-electron chi connectivity index (χ3n) is 2.87. The van der Waals surface area contributed by atoms with Crippen molar-refractivity contribution in [2.24, 2.45) is 0 Å². The molecule has 0 aliphatic heterocycles. The predicted octanol–water partition coefficient (Wildman–Crippen LogP) is 3.92. The summed E-state index contributed by atoms with van der Waals surface area (Å²) in [6.07, 6.45) is 2.91. The van der Waals surface area contributed by atoms with Gasteiger partial charge in [-0.1, -0.05) is 41.1 Å². The first-order valence-corrected chi connectivity index (χ1v) is 7.60. The molecule has 0 amide bonds. The Kier molecular flexibility index (Phi) is 6.02. The number of benzene rings is 1. The summed E-state index contributed by atoms with van der Waals surface area (Å²) in [7, 11) is 0. The molecule has 0 spiro atoms.